The van der Waals surface area contributed by atoms with E-state index in [0.29, 0.717) is 24.1 Å². The molecular formula is C15H32N2O. The van der Waals surface area contributed by atoms with E-state index in [1.807, 2.05) is 0 Å². The molecule has 3 heteroatoms. The molecule has 1 aliphatic rings. The van der Waals surface area contributed by atoms with Crippen LogP contribution in [0.2, 0.25) is 0 Å². The van der Waals surface area contributed by atoms with E-state index in [4.69, 9.17) is 4.74 Å². The van der Waals surface area contributed by atoms with Crippen molar-refractivity contribution >= 4 is 0 Å². The molecule has 1 N–H and O–H groups in total. The summed E-state index contributed by atoms with van der Waals surface area (Å²) in [6, 6.07) is 1.20. The van der Waals surface area contributed by atoms with Crippen molar-refractivity contribution in [3.8, 4) is 0 Å². The average Bonchev–Trinajstić information content (AvgIpc) is 2.29. The summed E-state index contributed by atoms with van der Waals surface area (Å²) in [5.74, 6) is 0.691. The zero-order valence-electron chi connectivity index (χ0n) is 12.9. The van der Waals surface area contributed by atoms with Crippen molar-refractivity contribution in [1.82, 2.24) is 10.2 Å². The lowest BCUT2D eigenvalue weighted by atomic mass is 9.98. The highest BCUT2D eigenvalue weighted by Gasteiger charge is 2.27. The van der Waals surface area contributed by atoms with Gasteiger partial charge >= 0.3 is 0 Å². The molecule has 108 valence electrons. The average molecular weight is 256 g/mol. The highest BCUT2D eigenvalue weighted by Crippen LogP contribution is 2.19. The van der Waals surface area contributed by atoms with Crippen molar-refractivity contribution in [3.63, 3.8) is 0 Å². The first kappa shape index (κ1) is 15.9. The predicted molar refractivity (Wildman–Crippen MR) is 78.0 cm³/mol. The van der Waals surface area contributed by atoms with Gasteiger partial charge in [-0.15, -0.1) is 0 Å². The van der Waals surface area contributed by atoms with Gasteiger partial charge in [0.25, 0.3) is 0 Å². The molecule has 0 radical (unpaired) electrons. The largest absolute Gasteiger partial charge is 0.377 e. The van der Waals surface area contributed by atoms with E-state index in [2.05, 4.69) is 44.8 Å². The molecule has 1 saturated heterocycles. The molecule has 18 heavy (non-hydrogen) atoms. The second-order valence-corrected chi connectivity index (χ2v) is 6.09. The van der Waals surface area contributed by atoms with E-state index >= 15 is 0 Å². The number of hydrogen-bond donors (Lipinski definition) is 1. The summed E-state index contributed by atoms with van der Waals surface area (Å²) < 4.78 is 5.81. The maximum absolute atomic E-state index is 5.81. The van der Waals surface area contributed by atoms with Crippen molar-refractivity contribution in [3.05, 3.63) is 0 Å². The summed E-state index contributed by atoms with van der Waals surface area (Å²) in [5.41, 5.74) is 0. The minimum absolute atomic E-state index is 0.448. The van der Waals surface area contributed by atoms with Crippen LogP contribution < -0.4 is 5.32 Å². The van der Waals surface area contributed by atoms with E-state index in [0.717, 1.165) is 19.7 Å². The number of likely N-dealkylation sites (tertiary alicyclic amines) is 1. The monoisotopic (exact) mass is 256 g/mol. The maximum atomic E-state index is 5.81. The van der Waals surface area contributed by atoms with E-state index in [1.165, 1.54) is 19.4 Å². The van der Waals surface area contributed by atoms with Crippen molar-refractivity contribution in [1.29, 1.82) is 0 Å². The van der Waals surface area contributed by atoms with E-state index in [-0.39, 0.29) is 0 Å². The van der Waals surface area contributed by atoms with Gasteiger partial charge in [-0.2, -0.15) is 0 Å². The van der Waals surface area contributed by atoms with Gasteiger partial charge in [0.05, 0.1) is 6.10 Å². The molecular weight excluding hydrogens is 224 g/mol. The zero-order chi connectivity index (χ0) is 13.5. The summed E-state index contributed by atoms with van der Waals surface area (Å²) in [4.78, 5) is 2.63. The molecule has 0 amide bonds. The van der Waals surface area contributed by atoms with Crippen molar-refractivity contribution in [2.45, 2.75) is 65.6 Å². The van der Waals surface area contributed by atoms with Crippen LogP contribution in [0.5, 0.6) is 0 Å². The van der Waals surface area contributed by atoms with Crippen LogP contribution in [0.1, 0.15) is 47.5 Å². The van der Waals surface area contributed by atoms with E-state index < -0.39 is 0 Å². The van der Waals surface area contributed by atoms with E-state index in [1.54, 1.807) is 0 Å². The lowest BCUT2D eigenvalue weighted by Gasteiger charge is -2.40. The van der Waals surface area contributed by atoms with Gasteiger partial charge in [0.15, 0.2) is 0 Å². The van der Waals surface area contributed by atoms with E-state index in [9.17, 15) is 0 Å². The fraction of sp³-hybridized carbons (Fsp3) is 1.00. The molecule has 1 aliphatic heterocycles. The first-order valence-electron chi connectivity index (χ1n) is 7.63. The third-order valence-electron chi connectivity index (χ3n) is 3.79. The Morgan fingerprint density at radius 3 is 2.56 bits per heavy atom. The number of rotatable bonds is 7. The molecule has 2 unspecified atom stereocenters. The summed E-state index contributed by atoms with van der Waals surface area (Å²) >= 11 is 0. The van der Waals surface area contributed by atoms with Gasteiger partial charge in [0.1, 0.15) is 0 Å². The molecule has 0 bridgehead atoms. The minimum Gasteiger partial charge on any atom is -0.377 e. The number of hydrogen-bond acceptors (Lipinski definition) is 3. The molecule has 0 aromatic heterocycles. The van der Waals surface area contributed by atoms with Gasteiger partial charge in [0, 0.05) is 31.8 Å². The second kappa shape index (κ2) is 8.13. The fourth-order valence-corrected chi connectivity index (χ4v) is 2.78. The van der Waals surface area contributed by atoms with Gasteiger partial charge in [-0.05, 0) is 32.2 Å². The first-order valence-corrected chi connectivity index (χ1v) is 7.63. The Labute approximate surface area is 113 Å². The van der Waals surface area contributed by atoms with Gasteiger partial charge in [-0.1, -0.05) is 27.7 Å². The Balaban J connectivity index is 2.50. The molecule has 0 aliphatic carbocycles. The molecule has 1 rings (SSSR count). The molecule has 1 heterocycles. The highest BCUT2D eigenvalue weighted by atomic mass is 16.5. The summed E-state index contributed by atoms with van der Waals surface area (Å²) in [6.45, 7) is 15.5. The fourth-order valence-electron chi connectivity index (χ4n) is 2.78. The molecule has 1 fully saturated rings. The highest BCUT2D eigenvalue weighted by molar-refractivity contribution is 4.83. The van der Waals surface area contributed by atoms with Crippen LogP contribution in [-0.2, 0) is 4.74 Å². The Morgan fingerprint density at radius 2 is 2.00 bits per heavy atom. The van der Waals surface area contributed by atoms with Crippen molar-refractivity contribution < 1.29 is 4.74 Å². The molecule has 0 aromatic carbocycles. The zero-order valence-corrected chi connectivity index (χ0v) is 12.9. The number of ether oxygens (including phenoxy) is 1. The third kappa shape index (κ3) is 5.25. The van der Waals surface area contributed by atoms with Crippen LogP contribution in [0.15, 0.2) is 0 Å². The lowest BCUT2D eigenvalue weighted by molar-refractivity contribution is -0.0140. The minimum atomic E-state index is 0.448. The Morgan fingerprint density at radius 1 is 1.28 bits per heavy atom. The normalized spacial score (nSPS) is 23.8. The van der Waals surface area contributed by atoms with Crippen LogP contribution in [0.3, 0.4) is 0 Å². The maximum Gasteiger partial charge on any atom is 0.0702 e. The summed E-state index contributed by atoms with van der Waals surface area (Å²) in [7, 11) is 0. The van der Waals surface area contributed by atoms with Gasteiger partial charge < -0.3 is 10.1 Å². The van der Waals surface area contributed by atoms with Crippen LogP contribution in [-0.4, -0.2) is 49.3 Å². The Kier molecular flexibility index (Phi) is 7.20. The van der Waals surface area contributed by atoms with Crippen LogP contribution >= 0.6 is 0 Å². The molecule has 0 spiro atoms. The Bertz CT molecular complexity index is 217. The van der Waals surface area contributed by atoms with Gasteiger partial charge in [-0.3, -0.25) is 4.90 Å². The first-order chi connectivity index (χ1) is 8.54. The number of nitrogens with one attached hydrogen (secondary N) is 1. The summed E-state index contributed by atoms with van der Waals surface area (Å²) in [5, 5.41) is 3.59. The molecule has 3 nitrogen and oxygen atoms in total. The predicted octanol–water partition coefficient (Wildman–Crippen LogP) is 2.51. The smallest absolute Gasteiger partial charge is 0.0702 e. The van der Waals surface area contributed by atoms with Crippen molar-refractivity contribution in [2.24, 2.45) is 5.92 Å². The molecule has 0 aromatic rings. The molecule has 2 atom stereocenters. The third-order valence-corrected chi connectivity index (χ3v) is 3.79. The van der Waals surface area contributed by atoms with Crippen molar-refractivity contribution in [2.75, 3.05) is 26.2 Å². The van der Waals surface area contributed by atoms with Crippen LogP contribution in [0, 0.1) is 5.92 Å². The topological polar surface area (TPSA) is 24.5 Å². The lowest BCUT2D eigenvalue weighted by Crippen LogP contribution is -2.52. The number of piperidine rings is 1. The second-order valence-electron chi connectivity index (χ2n) is 6.09. The van der Waals surface area contributed by atoms with Gasteiger partial charge in [-0.25, -0.2) is 0 Å². The molecule has 0 saturated carbocycles. The quantitative estimate of drug-likeness (QED) is 0.757. The van der Waals surface area contributed by atoms with Crippen LogP contribution in [0.4, 0.5) is 0 Å². The SMILES string of the molecule is CCOC1CCCN(C(CNC(C)C)C(C)C)C1. The van der Waals surface area contributed by atoms with Gasteiger partial charge in [0.2, 0.25) is 0 Å². The van der Waals surface area contributed by atoms with Crippen LogP contribution in [0.25, 0.3) is 0 Å². The Hall–Kier alpha value is -0.120. The number of nitrogens with zero attached hydrogens (tertiary/aromatic N) is 1. The standard InChI is InChI=1S/C15H32N2O/c1-6-18-14-8-7-9-17(11-14)15(12(2)3)10-16-13(4)5/h12-16H,6-11H2,1-5H3. The summed E-state index contributed by atoms with van der Waals surface area (Å²) in [6.07, 6.45) is 2.95.